The monoisotopic (exact) mass is 271 g/mol. The van der Waals surface area contributed by atoms with Gasteiger partial charge in [0.2, 0.25) is 0 Å². The SMILES string of the molecule is CSc1nccc(-c2ccc(C(F)(F)F)nc2)n1. The molecule has 0 atom stereocenters. The van der Waals surface area contributed by atoms with E-state index in [0.717, 1.165) is 12.3 Å². The Bertz CT molecular complexity index is 540. The Morgan fingerprint density at radius 1 is 1.11 bits per heavy atom. The highest BCUT2D eigenvalue weighted by molar-refractivity contribution is 7.98. The van der Waals surface area contributed by atoms with E-state index in [1.807, 2.05) is 6.26 Å². The lowest BCUT2D eigenvalue weighted by atomic mass is 10.2. The van der Waals surface area contributed by atoms with Crippen LogP contribution in [0.25, 0.3) is 11.3 Å². The molecule has 0 aromatic carbocycles. The van der Waals surface area contributed by atoms with E-state index < -0.39 is 11.9 Å². The first kappa shape index (κ1) is 12.8. The molecular formula is C11H8F3N3S. The third kappa shape index (κ3) is 2.79. The maximum absolute atomic E-state index is 12.3. The minimum absolute atomic E-state index is 0.528. The number of aromatic nitrogens is 3. The first-order chi connectivity index (χ1) is 8.50. The molecule has 18 heavy (non-hydrogen) atoms. The molecule has 94 valence electrons. The van der Waals surface area contributed by atoms with Crippen LogP contribution in [0.3, 0.4) is 0 Å². The average molecular weight is 271 g/mol. The van der Waals surface area contributed by atoms with Gasteiger partial charge in [-0.05, 0) is 24.5 Å². The number of hydrogen-bond acceptors (Lipinski definition) is 4. The third-order valence-corrected chi connectivity index (χ3v) is 2.73. The molecule has 2 aromatic heterocycles. The summed E-state index contributed by atoms with van der Waals surface area (Å²) in [6.07, 6.45) is 0.125. The lowest BCUT2D eigenvalue weighted by Crippen LogP contribution is -2.07. The zero-order valence-electron chi connectivity index (χ0n) is 9.27. The molecule has 0 spiro atoms. The van der Waals surface area contributed by atoms with Crippen LogP contribution in [0.2, 0.25) is 0 Å². The van der Waals surface area contributed by atoms with Crippen LogP contribution in [0, 0.1) is 0 Å². The number of nitrogens with zero attached hydrogens (tertiary/aromatic N) is 3. The molecule has 0 amide bonds. The molecule has 7 heteroatoms. The number of thioether (sulfide) groups is 1. The van der Waals surface area contributed by atoms with Gasteiger partial charge in [0.15, 0.2) is 5.16 Å². The van der Waals surface area contributed by atoms with E-state index in [1.165, 1.54) is 17.8 Å². The molecule has 0 aliphatic carbocycles. The van der Waals surface area contributed by atoms with Gasteiger partial charge in [-0.25, -0.2) is 9.97 Å². The first-order valence-corrected chi connectivity index (χ1v) is 6.14. The van der Waals surface area contributed by atoms with Crippen LogP contribution < -0.4 is 0 Å². The van der Waals surface area contributed by atoms with Gasteiger partial charge in [0.05, 0.1) is 5.69 Å². The lowest BCUT2D eigenvalue weighted by Gasteiger charge is -2.06. The standard InChI is InChI=1S/C11H8F3N3S/c1-18-10-15-5-4-8(17-10)7-2-3-9(16-6-7)11(12,13)14/h2-6H,1H3. The Balaban J connectivity index is 2.34. The van der Waals surface area contributed by atoms with Crippen LogP contribution in [-0.2, 0) is 6.18 Å². The summed E-state index contributed by atoms with van der Waals surface area (Å²) >= 11 is 1.36. The van der Waals surface area contributed by atoms with Crippen LogP contribution in [-0.4, -0.2) is 21.2 Å². The van der Waals surface area contributed by atoms with Crippen molar-refractivity contribution in [3.63, 3.8) is 0 Å². The van der Waals surface area contributed by atoms with Gasteiger partial charge in [-0.2, -0.15) is 13.2 Å². The first-order valence-electron chi connectivity index (χ1n) is 4.91. The zero-order valence-corrected chi connectivity index (χ0v) is 10.1. The Morgan fingerprint density at radius 2 is 1.89 bits per heavy atom. The van der Waals surface area contributed by atoms with Crippen molar-refractivity contribution in [1.29, 1.82) is 0 Å². The maximum atomic E-state index is 12.3. The van der Waals surface area contributed by atoms with Crippen molar-refractivity contribution in [2.45, 2.75) is 11.3 Å². The predicted molar refractivity (Wildman–Crippen MR) is 62.0 cm³/mol. The third-order valence-electron chi connectivity index (χ3n) is 2.17. The lowest BCUT2D eigenvalue weighted by molar-refractivity contribution is -0.141. The second-order valence-electron chi connectivity index (χ2n) is 3.36. The molecule has 0 N–H and O–H groups in total. The van der Waals surface area contributed by atoms with E-state index in [0.29, 0.717) is 16.4 Å². The van der Waals surface area contributed by atoms with E-state index in [9.17, 15) is 13.2 Å². The maximum Gasteiger partial charge on any atom is 0.433 e. The highest BCUT2D eigenvalue weighted by atomic mass is 32.2. The summed E-state index contributed by atoms with van der Waals surface area (Å²) in [5.74, 6) is 0. The summed E-state index contributed by atoms with van der Waals surface area (Å²) in [6.45, 7) is 0. The van der Waals surface area contributed by atoms with E-state index >= 15 is 0 Å². The van der Waals surface area contributed by atoms with Crippen molar-refractivity contribution in [2.24, 2.45) is 0 Å². The minimum Gasteiger partial charge on any atom is -0.251 e. The fourth-order valence-corrected chi connectivity index (χ4v) is 1.67. The molecular weight excluding hydrogens is 263 g/mol. The molecule has 2 heterocycles. The average Bonchev–Trinajstić information content (AvgIpc) is 2.38. The largest absolute Gasteiger partial charge is 0.433 e. The highest BCUT2D eigenvalue weighted by Crippen LogP contribution is 2.28. The van der Waals surface area contributed by atoms with Crippen LogP contribution in [0.15, 0.2) is 35.7 Å². The Labute approximate surface area is 105 Å². The number of halogens is 3. The topological polar surface area (TPSA) is 38.7 Å². The van der Waals surface area contributed by atoms with Crippen molar-refractivity contribution in [3.05, 3.63) is 36.3 Å². The summed E-state index contributed by atoms with van der Waals surface area (Å²) in [5.41, 5.74) is 0.168. The molecule has 0 unspecified atom stereocenters. The summed E-state index contributed by atoms with van der Waals surface area (Å²) in [6, 6.07) is 3.92. The molecule has 0 bridgehead atoms. The number of pyridine rings is 1. The molecule has 2 aromatic rings. The van der Waals surface area contributed by atoms with Gasteiger partial charge < -0.3 is 0 Å². The summed E-state index contributed by atoms with van der Waals surface area (Å²) < 4.78 is 37.0. The molecule has 0 aliphatic rings. The van der Waals surface area contributed by atoms with E-state index in [4.69, 9.17) is 0 Å². The van der Waals surface area contributed by atoms with Gasteiger partial charge in [0, 0.05) is 18.0 Å². The van der Waals surface area contributed by atoms with E-state index in [1.54, 1.807) is 12.3 Å². The molecule has 3 nitrogen and oxygen atoms in total. The number of rotatable bonds is 2. The number of alkyl halides is 3. The van der Waals surface area contributed by atoms with Gasteiger partial charge >= 0.3 is 6.18 Å². The fourth-order valence-electron chi connectivity index (χ4n) is 1.31. The van der Waals surface area contributed by atoms with E-state index in [2.05, 4.69) is 15.0 Å². The van der Waals surface area contributed by atoms with Crippen LogP contribution in [0.4, 0.5) is 13.2 Å². The van der Waals surface area contributed by atoms with Gasteiger partial charge in [-0.3, -0.25) is 4.98 Å². The van der Waals surface area contributed by atoms with Gasteiger partial charge in [-0.1, -0.05) is 11.8 Å². The van der Waals surface area contributed by atoms with Crippen molar-refractivity contribution >= 4 is 11.8 Å². The van der Waals surface area contributed by atoms with Crippen molar-refractivity contribution in [1.82, 2.24) is 15.0 Å². The molecule has 0 aliphatic heterocycles. The normalized spacial score (nSPS) is 11.6. The van der Waals surface area contributed by atoms with E-state index in [-0.39, 0.29) is 0 Å². The van der Waals surface area contributed by atoms with Crippen LogP contribution >= 0.6 is 11.8 Å². The quantitative estimate of drug-likeness (QED) is 0.620. The molecule has 0 saturated carbocycles. The Kier molecular flexibility index (Phi) is 3.51. The molecule has 2 rings (SSSR count). The van der Waals surface area contributed by atoms with Crippen molar-refractivity contribution in [2.75, 3.05) is 6.26 Å². The predicted octanol–water partition coefficient (Wildman–Crippen LogP) is 3.28. The van der Waals surface area contributed by atoms with Crippen LogP contribution in [0.5, 0.6) is 0 Å². The fraction of sp³-hybridized carbons (Fsp3) is 0.182. The smallest absolute Gasteiger partial charge is 0.251 e. The second kappa shape index (κ2) is 4.93. The second-order valence-corrected chi connectivity index (χ2v) is 4.13. The minimum atomic E-state index is -4.42. The summed E-state index contributed by atoms with van der Waals surface area (Å²) in [4.78, 5) is 11.6. The van der Waals surface area contributed by atoms with Gasteiger partial charge in [0.25, 0.3) is 0 Å². The van der Waals surface area contributed by atoms with Gasteiger partial charge in [-0.15, -0.1) is 0 Å². The summed E-state index contributed by atoms with van der Waals surface area (Å²) in [7, 11) is 0. The highest BCUT2D eigenvalue weighted by Gasteiger charge is 2.32. The molecule has 0 radical (unpaired) electrons. The van der Waals surface area contributed by atoms with Gasteiger partial charge in [0.1, 0.15) is 5.69 Å². The Hall–Kier alpha value is -1.63. The zero-order chi connectivity index (χ0) is 13.2. The van der Waals surface area contributed by atoms with Crippen molar-refractivity contribution in [3.8, 4) is 11.3 Å². The Morgan fingerprint density at radius 3 is 2.44 bits per heavy atom. The van der Waals surface area contributed by atoms with Crippen LogP contribution in [0.1, 0.15) is 5.69 Å². The molecule has 0 saturated heterocycles. The summed E-state index contributed by atoms with van der Waals surface area (Å²) in [5, 5.41) is 0.562. The van der Waals surface area contributed by atoms with Crippen molar-refractivity contribution < 1.29 is 13.2 Å². The number of hydrogen-bond donors (Lipinski definition) is 0. The molecule has 0 fully saturated rings.